The van der Waals surface area contributed by atoms with Crippen molar-refractivity contribution in [3.63, 3.8) is 0 Å². The molecule has 41 heavy (non-hydrogen) atoms. The summed E-state index contributed by atoms with van der Waals surface area (Å²) in [7, 11) is 1.67. The second kappa shape index (κ2) is 12.4. The van der Waals surface area contributed by atoms with Crippen molar-refractivity contribution in [1.29, 1.82) is 0 Å². The molecule has 0 unspecified atom stereocenters. The molecule has 1 atom stereocenters. The van der Waals surface area contributed by atoms with E-state index in [-0.39, 0.29) is 23.6 Å². The molecule has 2 aromatic carbocycles. The largest absolute Gasteiger partial charge is 0.489 e. The summed E-state index contributed by atoms with van der Waals surface area (Å²) in [6, 6.07) is 17.1. The third-order valence-corrected chi connectivity index (χ3v) is 6.87. The van der Waals surface area contributed by atoms with E-state index in [1.54, 1.807) is 13.1 Å². The zero-order valence-corrected chi connectivity index (χ0v) is 23.6. The third-order valence-electron chi connectivity index (χ3n) is 6.87. The van der Waals surface area contributed by atoms with Gasteiger partial charge in [-0.25, -0.2) is 0 Å². The molecule has 2 aliphatic rings. The van der Waals surface area contributed by atoms with Crippen LogP contribution in [0.25, 0.3) is 0 Å². The van der Waals surface area contributed by atoms with Crippen LogP contribution in [0.4, 0.5) is 5.69 Å². The molecule has 2 aliphatic heterocycles. The number of fused-ring (bicyclic) bond motifs is 1. The number of ether oxygens (including phenoxy) is 3. The molecule has 3 heterocycles. The van der Waals surface area contributed by atoms with E-state index in [1.807, 2.05) is 48.5 Å². The van der Waals surface area contributed by atoms with E-state index >= 15 is 0 Å². The number of carbonyl (C=O) groups is 2. The Balaban J connectivity index is 1.25. The first-order valence-electron chi connectivity index (χ1n) is 13.6. The van der Waals surface area contributed by atoms with Gasteiger partial charge in [-0.1, -0.05) is 30.0 Å². The van der Waals surface area contributed by atoms with Gasteiger partial charge in [0, 0.05) is 49.9 Å². The lowest BCUT2D eigenvalue weighted by molar-refractivity contribution is -0.120. The molecule has 0 saturated carbocycles. The minimum atomic E-state index is -0.901. The molecule has 0 bridgehead atoms. The first kappa shape index (κ1) is 28.1. The van der Waals surface area contributed by atoms with Gasteiger partial charge in [-0.05, 0) is 50.2 Å². The van der Waals surface area contributed by atoms with E-state index in [2.05, 4.69) is 40.9 Å². The van der Waals surface area contributed by atoms with Gasteiger partial charge in [0.1, 0.15) is 35.6 Å². The standard InChI is InChI=1S/C32H34N4O5/c1-32(2,22-36-15-17-39-18-16-36)13-11-23-9-10-29-28(19-23)35(3)31(38)27(21-40-29)34-30(37)26-20-25(12-14-33-26)41-24-7-5-4-6-8-24/h4-10,12,14,19-20,27H,15-18,21-22H2,1-3H3,(H,34,37)/t27-/m1/s1. The summed E-state index contributed by atoms with van der Waals surface area (Å²) in [4.78, 5) is 34.4. The Morgan fingerprint density at radius 2 is 1.88 bits per heavy atom. The number of amides is 2. The zero-order valence-electron chi connectivity index (χ0n) is 23.6. The molecule has 3 aromatic rings. The highest BCUT2D eigenvalue weighted by molar-refractivity contribution is 6.03. The van der Waals surface area contributed by atoms with Crippen LogP contribution >= 0.6 is 0 Å². The van der Waals surface area contributed by atoms with Crippen molar-refractivity contribution < 1.29 is 23.8 Å². The van der Waals surface area contributed by atoms with Crippen molar-refractivity contribution in [2.45, 2.75) is 19.9 Å². The smallest absolute Gasteiger partial charge is 0.270 e. The molecule has 9 nitrogen and oxygen atoms in total. The quantitative estimate of drug-likeness (QED) is 0.464. The van der Waals surface area contributed by atoms with Crippen molar-refractivity contribution in [3.05, 3.63) is 78.1 Å². The average molecular weight is 555 g/mol. The fourth-order valence-electron chi connectivity index (χ4n) is 4.73. The zero-order chi connectivity index (χ0) is 28.8. The number of pyridine rings is 1. The summed E-state index contributed by atoms with van der Waals surface area (Å²) >= 11 is 0. The highest BCUT2D eigenvalue weighted by atomic mass is 16.5. The predicted octanol–water partition coefficient (Wildman–Crippen LogP) is 3.74. The first-order valence-corrected chi connectivity index (χ1v) is 13.6. The Bertz CT molecular complexity index is 1460. The number of morpholine rings is 1. The van der Waals surface area contributed by atoms with E-state index < -0.39 is 11.9 Å². The summed E-state index contributed by atoms with van der Waals surface area (Å²) in [5.41, 5.74) is 1.30. The van der Waals surface area contributed by atoms with Gasteiger partial charge in [0.2, 0.25) is 0 Å². The number of para-hydroxylation sites is 1. The Morgan fingerprint density at radius 1 is 1.10 bits per heavy atom. The fraction of sp³-hybridized carbons (Fsp3) is 0.344. The number of nitrogens with one attached hydrogen (secondary N) is 1. The predicted molar refractivity (Wildman–Crippen MR) is 155 cm³/mol. The Hall–Kier alpha value is -4.39. The maximum atomic E-state index is 13.4. The third kappa shape index (κ3) is 7.23. The summed E-state index contributed by atoms with van der Waals surface area (Å²) in [6.07, 6.45) is 1.49. The molecule has 0 aliphatic carbocycles. The number of anilines is 1. The lowest BCUT2D eigenvalue weighted by Gasteiger charge is -2.31. The number of nitrogens with zero attached hydrogens (tertiary/aromatic N) is 3. The van der Waals surface area contributed by atoms with Gasteiger partial charge in [0.25, 0.3) is 11.8 Å². The van der Waals surface area contributed by atoms with Crippen LogP contribution < -0.4 is 19.7 Å². The minimum Gasteiger partial charge on any atom is -0.489 e. The molecule has 9 heteroatoms. The number of rotatable bonds is 6. The highest BCUT2D eigenvalue weighted by Gasteiger charge is 2.31. The molecule has 5 rings (SSSR count). The van der Waals surface area contributed by atoms with Crippen molar-refractivity contribution in [2.24, 2.45) is 5.41 Å². The number of carbonyl (C=O) groups excluding carboxylic acids is 2. The van der Waals surface area contributed by atoms with Gasteiger partial charge in [-0.2, -0.15) is 0 Å². The van der Waals surface area contributed by atoms with E-state index in [4.69, 9.17) is 14.2 Å². The Labute approximate surface area is 240 Å². The Kier molecular flexibility index (Phi) is 8.53. The van der Waals surface area contributed by atoms with Gasteiger partial charge in [0.15, 0.2) is 0 Å². The van der Waals surface area contributed by atoms with Crippen LogP contribution in [0.5, 0.6) is 17.2 Å². The summed E-state index contributed by atoms with van der Waals surface area (Å²) in [6.45, 7) is 8.42. The van der Waals surface area contributed by atoms with Crippen molar-refractivity contribution >= 4 is 17.5 Å². The lowest BCUT2D eigenvalue weighted by atomic mass is 9.93. The molecule has 1 N–H and O–H groups in total. The van der Waals surface area contributed by atoms with Gasteiger partial charge in [0.05, 0.1) is 18.9 Å². The average Bonchev–Trinajstić information content (AvgIpc) is 3.09. The number of hydrogen-bond acceptors (Lipinski definition) is 7. The summed E-state index contributed by atoms with van der Waals surface area (Å²) in [5.74, 6) is 7.52. The molecular weight excluding hydrogens is 520 g/mol. The topological polar surface area (TPSA) is 93.2 Å². The van der Waals surface area contributed by atoms with E-state index in [9.17, 15) is 9.59 Å². The van der Waals surface area contributed by atoms with Crippen LogP contribution in [0.15, 0.2) is 66.9 Å². The monoisotopic (exact) mass is 554 g/mol. The van der Waals surface area contributed by atoms with Crippen LogP contribution in [0.3, 0.4) is 0 Å². The molecule has 212 valence electrons. The molecule has 1 saturated heterocycles. The highest BCUT2D eigenvalue weighted by Crippen LogP contribution is 2.32. The lowest BCUT2D eigenvalue weighted by Crippen LogP contribution is -2.49. The molecule has 0 radical (unpaired) electrons. The van der Waals surface area contributed by atoms with Crippen molar-refractivity contribution in [2.75, 3.05) is 51.4 Å². The van der Waals surface area contributed by atoms with Crippen LogP contribution in [-0.2, 0) is 9.53 Å². The van der Waals surface area contributed by atoms with Crippen LogP contribution in [0.1, 0.15) is 29.9 Å². The maximum Gasteiger partial charge on any atom is 0.270 e. The molecule has 1 aromatic heterocycles. The second-order valence-electron chi connectivity index (χ2n) is 10.7. The van der Waals surface area contributed by atoms with Crippen LogP contribution in [0.2, 0.25) is 0 Å². The van der Waals surface area contributed by atoms with E-state index in [1.165, 1.54) is 17.2 Å². The van der Waals surface area contributed by atoms with E-state index in [0.29, 0.717) is 22.9 Å². The Morgan fingerprint density at radius 3 is 2.66 bits per heavy atom. The van der Waals surface area contributed by atoms with Crippen molar-refractivity contribution in [3.8, 4) is 29.1 Å². The number of hydrogen-bond donors (Lipinski definition) is 1. The van der Waals surface area contributed by atoms with E-state index in [0.717, 1.165) is 38.4 Å². The minimum absolute atomic E-state index is 0.0142. The van der Waals surface area contributed by atoms with Crippen molar-refractivity contribution in [1.82, 2.24) is 15.2 Å². The number of aromatic nitrogens is 1. The summed E-state index contributed by atoms with van der Waals surface area (Å²) < 4.78 is 17.2. The molecule has 2 amide bonds. The fourth-order valence-corrected chi connectivity index (χ4v) is 4.73. The first-order chi connectivity index (χ1) is 19.8. The number of benzene rings is 2. The van der Waals surface area contributed by atoms with Crippen LogP contribution in [-0.4, -0.2) is 74.2 Å². The van der Waals surface area contributed by atoms with Gasteiger partial charge in [-0.3, -0.25) is 19.5 Å². The normalized spacial score (nSPS) is 17.4. The molecule has 0 spiro atoms. The summed E-state index contributed by atoms with van der Waals surface area (Å²) in [5, 5.41) is 2.76. The van der Waals surface area contributed by atoms with Gasteiger partial charge < -0.3 is 24.4 Å². The van der Waals surface area contributed by atoms with Gasteiger partial charge >= 0.3 is 0 Å². The van der Waals surface area contributed by atoms with Crippen LogP contribution in [0, 0.1) is 17.3 Å². The molecule has 1 fully saturated rings. The SMILES string of the molecule is CN1C(=O)[C@H](NC(=O)c2cc(Oc3ccccc3)ccn2)COc2ccc(C#CC(C)(C)CN3CCOCC3)cc21. The molecular formula is C32H34N4O5. The van der Waals surface area contributed by atoms with Gasteiger partial charge in [-0.15, -0.1) is 0 Å². The second-order valence-corrected chi connectivity index (χ2v) is 10.7. The maximum absolute atomic E-state index is 13.4. The number of likely N-dealkylation sites (N-methyl/N-ethyl adjacent to an activating group) is 1.